The Morgan fingerprint density at radius 2 is 1.04 bits per heavy atom. The van der Waals surface area contributed by atoms with Gasteiger partial charge >= 0.3 is 37.9 Å². The molecule has 0 unspecified atom stereocenters. The first-order valence-electron chi connectivity index (χ1n) is 13.6. The zero-order valence-electron chi connectivity index (χ0n) is 24.5. The van der Waals surface area contributed by atoms with Gasteiger partial charge in [-0.25, -0.2) is 12.2 Å². The quantitative estimate of drug-likeness (QED) is 0.0934. The number of rotatable bonds is 5. The van der Waals surface area contributed by atoms with Gasteiger partial charge in [-0.3, -0.25) is 6.58 Å². The maximum absolute atomic E-state index is 10.5. The molecule has 0 atom stereocenters. The molecule has 6 rings (SSSR count). The van der Waals surface area contributed by atoms with E-state index in [9.17, 15) is 10.2 Å². The van der Waals surface area contributed by atoms with Gasteiger partial charge in [-0.05, 0) is 35.2 Å². The van der Waals surface area contributed by atoms with E-state index in [1.807, 2.05) is 108 Å². The van der Waals surface area contributed by atoms with Gasteiger partial charge in [0.25, 0.3) is 0 Å². The van der Waals surface area contributed by atoms with Crippen LogP contribution in [0.5, 0.6) is 11.5 Å². The Kier molecular flexibility index (Phi) is 15.4. The van der Waals surface area contributed by atoms with Crippen molar-refractivity contribution in [2.45, 2.75) is 6.92 Å². The molecule has 228 valence electrons. The summed E-state index contributed by atoms with van der Waals surface area (Å²) in [5, 5.41) is 24.9. The second-order valence-electron chi connectivity index (χ2n) is 9.29. The number of thiophene rings is 2. The molecule has 0 saturated heterocycles. The van der Waals surface area contributed by atoms with Crippen molar-refractivity contribution in [3.63, 3.8) is 0 Å². The molecule has 0 radical (unpaired) electrons. The molecule has 45 heavy (non-hydrogen) atoms. The number of hydrogen-bond donors (Lipinski definition) is 3. The number of para-hydroxylation sites is 1. The van der Waals surface area contributed by atoms with Gasteiger partial charge < -0.3 is 15.9 Å². The number of aryl methyl sites for hydroxylation is 1. The first-order chi connectivity index (χ1) is 21.9. The molecule has 0 aliphatic rings. The number of halogens is 2. The number of anilines is 1. The molecule has 2 aromatic heterocycles. The van der Waals surface area contributed by atoms with E-state index in [-0.39, 0.29) is 0 Å². The Labute approximate surface area is 292 Å². The predicted molar refractivity (Wildman–Crippen MR) is 194 cm³/mol. The summed E-state index contributed by atoms with van der Waals surface area (Å²) in [5.74, 6) is 0.680. The van der Waals surface area contributed by atoms with Gasteiger partial charge in [-0.2, -0.15) is 6.58 Å². The fourth-order valence-electron chi connectivity index (χ4n) is 4.26. The van der Waals surface area contributed by atoms with Crippen LogP contribution in [0.25, 0.3) is 43.1 Å². The van der Waals surface area contributed by atoms with Crippen molar-refractivity contribution in [3.8, 4) is 54.6 Å². The summed E-state index contributed by atoms with van der Waals surface area (Å²) in [6.45, 7) is 10.1. The predicted octanol–water partition coefficient (Wildman–Crippen LogP) is 12.0. The maximum atomic E-state index is 10.5. The van der Waals surface area contributed by atoms with Crippen molar-refractivity contribution < 1.29 is 31.1 Å². The van der Waals surface area contributed by atoms with Crippen LogP contribution in [0.3, 0.4) is 0 Å². The molecule has 2 heterocycles. The second kappa shape index (κ2) is 19.2. The Balaban J connectivity index is 0.000000204. The number of allylic oxidation sites excluding steroid dienone is 2. The van der Waals surface area contributed by atoms with Gasteiger partial charge in [-0.15, -0.1) is 22.7 Å². The standard InChI is InChI=1S/C17H14OS.C16H13NOS.C4H5.2ClH.Zr/c1-12-7-5-6-10-14(12)17-16(18)15(11-19-17)13-8-3-2-4-9-13;17-14-9-5-4-8-12(14)16-15(18)13(10-19-16)11-6-2-1-3-7-11;1-3-4-2;;;/h2-11,18H,1H3;1-10,18H,17H2;1,3-4H,2H2;2*1H;/q;;-1;;;+2/p-2. The summed E-state index contributed by atoms with van der Waals surface area (Å²) < 4.78 is 0. The molecule has 0 bridgehead atoms. The summed E-state index contributed by atoms with van der Waals surface area (Å²) >= 11 is 2.27. The van der Waals surface area contributed by atoms with Crippen LogP contribution in [-0.2, 0) is 20.8 Å². The normalized spacial score (nSPS) is 9.67. The first kappa shape index (κ1) is 36.1. The average Bonchev–Trinajstić information content (AvgIpc) is 3.65. The number of hydrogen-bond acceptors (Lipinski definition) is 5. The molecule has 0 aliphatic carbocycles. The van der Waals surface area contributed by atoms with Crippen molar-refractivity contribution in [3.05, 3.63) is 151 Å². The van der Waals surface area contributed by atoms with Crippen molar-refractivity contribution >= 4 is 45.4 Å². The zero-order valence-corrected chi connectivity index (χ0v) is 30.1. The molecule has 3 nitrogen and oxygen atoms in total. The SMILES string of the molecule is Cc1ccccc1-c1scc(-c2ccccc2)c1O.Nc1ccccc1-c1scc(-c2ccccc2)c1O.[CH-]=CC=C.[Cl][Zr][Cl]. The van der Waals surface area contributed by atoms with E-state index in [1.165, 1.54) is 29.1 Å². The van der Waals surface area contributed by atoms with E-state index < -0.39 is 20.8 Å². The fraction of sp³-hybridized carbons (Fsp3) is 0.0270. The third-order valence-electron chi connectivity index (χ3n) is 6.43. The Bertz CT molecular complexity index is 1660. The Hall–Kier alpha value is -3.38. The van der Waals surface area contributed by atoms with E-state index in [2.05, 4.69) is 25.6 Å². The number of aromatic hydroxyl groups is 2. The van der Waals surface area contributed by atoms with Crippen LogP contribution >= 0.6 is 39.7 Å². The van der Waals surface area contributed by atoms with Crippen molar-refractivity contribution in [2.75, 3.05) is 5.73 Å². The van der Waals surface area contributed by atoms with Crippen molar-refractivity contribution in [2.24, 2.45) is 0 Å². The van der Waals surface area contributed by atoms with Gasteiger partial charge in [0.2, 0.25) is 0 Å². The van der Waals surface area contributed by atoms with Gasteiger partial charge in [0.05, 0.1) is 9.75 Å². The number of nitrogen functional groups attached to an aromatic ring is 1. The molecular formula is C37H32Cl2NO2S2Zr-. The van der Waals surface area contributed by atoms with Crippen LogP contribution in [0.15, 0.2) is 139 Å². The van der Waals surface area contributed by atoms with Crippen LogP contribution in [-0.4, -0.2) is 10.2 Å². The number of benzene rings is 4. The molecule has 6 aromatic rings. The molecule has 0 spiro atoms. The average molecular weight is 749 g/mol. The van der Waals surface area contributed by atoms with Crippen molar-refractivity contribution in [1.29, 1.82) is 0 Å². The molecule has 4 N–H and O–H groups in total. The fourth-order valence-corrected chi connectivity index (χ4v) is 6.34. The molecule has 0 fully saturated rings. The van der Waals surface area contributed by atoms with E-state index >= 15 is 0 Å². The van der Waals surface area contributed by atoms with Gasteiger partial charge in [0.15, 0.2) is 0 Å². The van der Waals surface area contributed by atoms with E-state index in [0.29, 0.717) is 17.2 Å². The summed E-state index contributed by atoms with van der Waals surface area (Å²) in [7, 11) is 9.87. The van der Waals surface area contributed by atoms with E-state index in [4.69, 9.17) is 29.3 Å². The summed E-state index contributed by atoms with van der Waals surface area (Å²) in [4.78, 5) is 1.76. The molecule has 8 heteroatoms. The molecule has 0 amide bonds. The van der Waals surface area contributed by atoms with Gasteiger partial charge in [-0.1, -0.05) is 103 Å². The third kappa shape index (κ3) is 10.1. The molecule has 0 saturated carbocycles. The minimum atomic E-state index is -0.826. The Morgan fingerprint density at radius 3 is 1.47 bits per heavy atom. The molecular weight excluding hydrogens is 717 g/mol. The van der Waals surface area contributed by atoms with Crippen LogP contribution in [0.2, 0.25) is 0 Å². The monoisotopic (exact) mass is 746 g/mol. The van der Waals surface area contributed by atoms with Crippen LogP contribution in [0, 0.1) is 13.5 Å². The van der Waals surface area contributed by atoms with E-state index in [1.54, 1.807) is 11.3 Å². The zero-order chi connectivity index (χ0) is 32.6. The van der Waals surface area contributed by atoms with Crippen LogP contribution < -0.4 is 5.73 Å². The first-order valence-corrected chi connectivity index (χ1v) is 21.7. The minimum absolute atomic E-state index is 0.300. The Morgan fingerprint density at radius 1 is 0.667 bits per heavy atom. The summed E-state index contributed by atoms with van der Waals surface area (Å²) in [6, 6.07) is 35.6. The topological polar surface area (TPSA) is 66.5 Å². The van der Waals surface area contributed by atoms with Crippen molar-refractivity contribution in [1.82, 2.24) is 0 Å². The number of nitrogens with two attached hydrogens (primary N) is 1. The van der Waals surface area contributed by atoms with E-state index in [0.717, 1.165) is 43.1 Å². The molecule has 0 aliphatic heterocycles. The third-order valence-corrected chi connectivity index (χ3v) is 8.44. The molecule has 4 aromatic carbocycles. The second-order valence-corrected chi connectivity index (χ2v) is 14.8. The van der Waals surface area contributed by atoms with Gasteiger partial charge in [0.1, 0.15) is 11.5 Å². The van der Waals surface area contributed by atoms with Gasteiger partial charge in [0, 0.05) is 33.1 Å². The van der Waals surface area contributed by atoms with Crippen LogP contribution in [0.1, 0.15) is 5.56 Å². The van der Waals surface area contributed by atoms with Crippen LogP contribution in [0.4, 0.5) is 5.69 Å². The summed E-state index contributed by atoms with van der Waals surface area (Å²) in [5.41, 5.74) is 13.6. The summed E-state index contributed by atoms with van der Waals surface area (Å²) in [6.07, 6.45) is 2.92.